The van der Waals surface area contributed by atoms with Gasteiger partial charge in [-0.2, -0.15) is 0 Å². The van der Waals surface area contributed by atoms with E-state index in [9.17, 15) is 0 Å². The van der Waals surface area contributed by atoms with Crippen molar-refractivity contribution in [3.05, 3.63) is 36.7 Å². The summed E-state index contributed by atoms with van der Waals surface area (Å²) in [7, 11) is 0. The highest BCUT2D eigenvalue weighted by atomic mass is 14.9. The molecule has 0 fully saturated rings. The first-order valence-electron chi connectivity index (χ1n) is 3.60. The Balaban J connectivity index is 2.69. The summed E-state index contributed by atoms with van der Waals surface area (Å²) in [6, 6.07) is 1.96. The molecule has 1 aromatic rings. The molecule has 0 atom stereocenters. The Morgan fingerprint density at radius 1 is 1.73 bits per heavy atom. The van der Waals surface area contributed by atoms with E-state index in [1.807, 2.05) is 25.3 Å². The fourth-order valence-corrected chi connectivity index (χ4v) is 0.854. The van der Waals surface area contributed by atoms with Crippen LogP contribution in [0.4, 0.5) is 5.69 Å². The van der Waals surface area contributed by atoms with Gasteiger partial charge in [0.15, 0.2) is 0 Å². The van der Waals surface area contributed by atoms with Gasteiger partial charge in [-0.1, -0.05) is 6.08 Å². The maximum atomic E-state index is 3.99. The minimum atomic E-state index is 0.796. The predicted molar refractivity (Wildman–Crippen MR) is 47.7 cm³/mol. The van der Waals surface area contributed by atoms with E-state index in [1.54, 1.807) is 6.20 Å². The quantitative estimate of drug-likeness (QED) is 0.663. The van der Waals surface area contributed by atoms with E-state index in [4.69, 9.17) is 0 Å². The van der Waals surface area contributed by atoms with E-state index >= 15 is 0 Å². The van der Waals surface area contributed by atoms with Crippen molar-refractivity contribution in [1.82, 2.24) is 4.98 Å². The van der Waals surface area contributed by atoms with E-state index in [2.05, 4.69) is 16.9 Å². The van der Waals surface area contributed by atoms with Crippen LogP contribution in [0.5, 0.6) is 0 Å². The molecule has 0 saturated carbocycles. The first-order valence-corrected chi connectivity index (χ1v) is 3.60. The summed E-state index contributed by atoms with van der Waals surface area (Å²) in [5, 5.41) is 3.20. The van der Waals surface area contributed by atoms with Crippen LogP contribution in [0.2, 0.25) is 0 Å². The molecule has 11 heavy (non-hydrogen) atoms. The summed E-state index contributed by atoms with van der Waals surface area (Å²) < 4.78 is 0. The second-order valence-corrected chi connectivity index (χ2v) is 2.36. The Labute approximate surface area is 67.0 Å². The normalized spacial score (nSPS) is 9.18. The van der Waals surface area contributed by atoms with Crippen molar-refractivity contribution < 1.29 is 0 Å². The molecule has 1 rings (SSSR count). The van der Waals surface area contributed by atoms with Crippen LogP contribution in [0, 0.1) is 6.92 Å². The van der Waals surface area contributed by atoms with Crippen molar-refractivity contribution >= 4 is 5.69 Å². The number of nitrogens with zero attached hydrogens (tertiary/aromatic N) is 1. The largest absolute Gasteiger partial charge is 0.381 e. The molecule has 0 unspecified atom stereocenters. The molecule has 0 aliphatic carbocycles. The van der Waals surface area contributed by atoms with Gasteiger partial charge in [-0.05, 0) is 18.6 Å². The third-order valence-corrected chi connectivity index (χ3v) is 1.46. The summed E-state index contributed by atoms with van der Waals surface area (Å²) in [5.74, 6) is 0. The third kappa shape index (κ3) is 2.08. The standard InChI is InChI=1S/C9H12N2/c1-3-5-11-9-4-6-10-7-8(9)2/h3-4,6-7H,1,5H2,2H3,(H,10,11). The van der Waals surface area contributed by atoms with E-state index < -0.39 is 0 Å². The van der Waals surface area contributed by atoms with Gasteiger partial charge in [-0.3, -0.25) is 4.98 Å². The lowest BCUT2D eigenvalue weighted by atomic mass is 10.2. The van der Waals surface area contributed by atoms with Crippen molar-refractivity contribution in [1.29, 1.82) is 0 Å². The van der Waals surface area contributed by atoms with Gasteiger partial charge in [0.2, 0.25) is 0 Å². The molecule has 2 nitrogen and oxygen atoms in total. The molecule has 1 N–H and O–H groups in total. The minimum Gasteiger partial charge on any atom is -0.381 e. The Bertz CT molecular complexity index is 243. The molecule has 0 radical (unpaired) electrons. The monoisotopic (exact) mass is 148 g/mol. The van der Waals surface area contributed by atoms with Crippen LogP contribution in [-0.2, 0) is 0 Å². The van der Waals surface area contributed by atoms with Crippen LogP contribution >= 0.6 is 0 Å². The first kappa shape index (κ1) is 7.79. The molecule has 0 aliphatic rings. The van der Waals surface area contributed by atoms with E-state index in [0.29, 0.717) is 0 Å². The van der Waals surface area contributed by atoms with Gasteiger partial charge in [0.05, 0.1) is 0 Å². The number of aromatic nitrogens is 1. The molecular formula is C9H12N2. The average Bonchev–Trinajstić information content (AvgIpc) is 2.03. The second kappa shape index (κ2) is 3.76. The van der Waals surface area contributed by atoms with Crippen molar-refractivity contribution in [2.24, 2.45) is 0 Å². The second-order valence-electron chi connectivity index (χ2n) is 2.36. The molecule has 1 aromatic heterocycles. The fraction of sp³-hybridized carbons (Fsp3) is 0.222. The zero-order chi connectivity index (χ0) is 8.10. The molecule has 0 aliphatic heterocycles. The number of hydrogen-bond donors (Lipinski definition) is 1. The molecular weight excluding hydrogens is 136 g/mol. The molecule has 0 bridgehead atoms. The molecule has 2 heteroatoms. The number of hydrogen-bond acceptors (Lipinski definition) is 2. The third-order valence-electron chi connectivity index (χ3n) is 1.46. The Kier molecular flexibility index (Phi) is 2.66. The topological polar surface area (TPSA) is 24.9 Å². The van der Waals surface area contributed by atoms with Crippen molar-refractivity contribution in [2.75, 3.05) is 11.9 Å². The molecule has 58 valence electrons. The highest BCUT2D eigenvalue weighted by Crippen LogP contribution is 2.10. The summed E-state index contributed by atoms with van der Waals surface area (Å²) in [6.07, 6.45) is 5.45. The van der Waals surface area contributed by atoms with Crippen molar-refractivity contribution in [3.8, 4) is 0 Å². The van der Waals surface area contributed by atoms with Crippen LogP contribution in [0.1, 0.15) is 5.56 Å². The van der Waals surface area contributed by atoms with E-state index in [0.717, 1.165) is 17.8 Å². The summed E-state index contributed by atoms with van der Waals surface area (Å²) in [5.41, 5.74) is 2.29. The molecule has 0 amide bonds. The zero-order valence-corrected chi connectivity index (χ0v) is 6.67. The maximum absolute atomic E-state index is 3.99. The van der Waals surface area contributed by atoms with Crippen LogP contribution in [0.3, 0.4) is 0 Å². The average molecular weight is 148 g/mol. The van der Waals surface area contributed by atoms with Gasteiger partial charge in [-0.15, -0.1) is 6.58 Å². The SMILES string of the molecule is C=CCNc1ccncc1C. The zero-order valence-electron chi connectivity index (χ0n) is 6.67. The van der Waals surface area contributed by atoms with Crippen molar-refractivity contribution in [2.45, 2.75) is 6.92 Å². The molecule has 0 saturated heterocycles. The van der Waals surface area contributed by atoms with Crippen LogP contribution in [0.15, 0.2) is 31.1 Å². The maximum Gasteiger partial charge on any atom is 0.0403 e. The van der Waals surface area contributed by atoms with Gasteiger partial charge in [0.1, 0.15) is 0 Å². The number of rotatable bonds is 3. The molecule has 0 aromatic carbocycles. The Morgan fingerprint density at radius 3 is 3.18 bits per heavy atom. The van der Waals surface area contributed by atoms with Gasteiger partial charge < -0.3 is 5.32 Å². The lowest BCUT2D eigenvalue weighted by molar-refractivity contribution is 1.23. The predicted octanol–water partition coefficient (Wildman–Crippen LogP) is 1.99. The van der Waals surface area contributed by atoms with Crippen LogP contribution in [0.25, 0.3) is 0 Å². The molecule has 1 heterocycles. The van der Waals surface area contributed by atoms with Crippen LogP contribution in [-0.4, -0.2) is 11.5 Å². The van der Waals surface area contributed by atoms with Crippen molar-refractivity contribution in [3.63, 3.8) is 0 Å². The first-order chi connectivity index (χ1) is 5.34. The Hall–Kier alpha value is -1.31. The lowest BCUT2D eigenvalue weighted by Crippen LogP contribution is -1.99. The lowest BCUT2D eigenvalue weighted by Gasteiger charge is -2.04. The number of anilines is 1. The van der Waals surface area contributed by atoms with Gasteiger partial charge in [0.25, 0.3) is 0 Å². The van der Waals surface area contributed by atoms with Gasteiger partial charge in [-0.25, -0.2) is 0 Å². The number of nitrogens with one attached hydrogen (secondary N) is 1. The van der Waals surface area contributed by atoms with E-state index in [1.165, 1.54) is 0 Å². The summed E-state index contributed by atoms with van der Waals surface area (Å²) >= 11 is 0. The number of aryl methyl sites for hydroxylation is 1. The highest BCUT2D eigenvalue weighted by molar-refractivity contribution is 5.48. The van der Waals surface area contributed by atoms with Crippen LogP contribution < -0.4 is 5.32 Å². The van der Waals surface area contributed by atoms with Gasteiger partial charge in [0, 0.05) is 24.6 Å². The highest BCUT2D eigenvalue weighted by Gasteiger charge is 1.92. The van der Waals surface area contributed by atoms with Gasteiger partial charge >= 0.3 is 0 Å². The van der Waals surface area contributed by atoms with E-state index in [-0.39, 0.29) is 0 Å². The smallest absolute Gasteiger partial charge is 0.0403 e. The Morgan fingerprint density at radius 2 is 2.55 bits per heavy atom. The summed E-state index contributed by atoms with van der Waals surface area (Å²) in [4.78, 5) is 3.99. The minimum absolute atomic E-state index is 0.796. The molecule has 0 spiro atoms. The summed E-state index contributed by atoms with van der Waals surface area (Å²) in [6.45, 7) is 6.45. The fourth-order valence-electron chi connectivity index (χ4n) is 0.854. The number of pyridine rings is 1.